The Morgan fingerprint density at radius 3 is 3.05 bits per heavy atom. The van der Waals surface area contributed by atoms with E-state index in [9.17, 15) is 4.79 Å². The number of carbonyl (C=O) groups is 1. The van der Waals surface area contributed by atoms with E-state index in [1.807, 2.05) is 30.0 Å². The van der Waals surface area contributed by atoms with Gasteiger partial charge in [-0.05, 0) is 44.9 Å². The van der Waals surface area contributed by atoms with E-state index in [0.717, 1.165) is 50.3 Å². The molecule has 0 bridgehead atoms. The lowest BCUT2D eigenvalue weighted by Gasteiger charge is -2.32. The van der Waals surface area contributed by atoms with Gasteiger partial charge in [-0.3, -0.25) is 9.78 Å². The van der Waals surface area contributed by atoms with Gasteiger partial charge in [0.2, 0.25) is 5.91 Å². The van der Waals surface area contributed by atoms with Crippen molar-refractivity contribution in [3.8, 4) is 0 Å². The summed E-state index contributed by atoms with van der Waals surface area (Å²) in [6.45, 7) is 5.41. The van der Waals surface area contributed by atoms with Gasteiger partial charge in [-0.1, -0.05) is 6.07 Å². The van der Waals surface area contributed by atoms with E-state index in [2.05, 4.69) is 10.3 Å². The van der Waals surface area contributed by atoms with Crippen molar-refractivity contribution < 1.29 is 4.79 Å². The molecule has 2 aliphatic heterocycles. The highest BCUT2D eigenvalue weighted by Crippen LogP contribution is 2.38. The second-order valence-corrected chi connectivity index (χ2v) is 5.81. The molecule has 1 N–H and O–H groups in total. The zero-order valence-corrected chi connectivity index (χ0v) is 11.5. The van der Waals surface area contributed by atoms with Gasteiger partial charge in [0.25, 0.3) is 0 Å². The SMILES string of the molecule is Cc1cccc(CN2CCC3(CCCNC3)C2=O)n1. The molecule has 102 valence electrons. The third kappa shape index (κ3) is 2.37. The van der Waals surface area contributed by atoms with E-state index in [0.29, 0.717) is 12.5 Å². The van der Waals surface area contributed by atoms with Crippen molar-refractivity contribution in [2.75, 3.05) is 19.6 Å². The fourth-order valence-electron chi connectivity index (χ4n) is 3.29. The summed E-state index contributed by atoms with van der Waals surface area (Å²) >= 11 is 0. The molecule has 0 aromatic carbocycles. The Bertz CT molecular complexity index is 480. The highest BCUT2D eigenvalue weighted by molar-refractivity contribution is 5.85. The van der Waals surface area contributed by atoms with Crippen LogP contribution in [0.3, 0.4) is 0 Å². The molecule has 1 amide bonds. The number of hydrogen-bond acceptors (Lipinski definition) is 3. The number of rotatable bonds is 2. The first-order chi connectivity index (χ1) is 9.20. The lowest BCUT2D eigenvalue weighted by atomic mass is 9.79. The fourth-order valence-corrected chi connectivity index (χ4v) is 3.29. The summed E-state index contributed by atoms with van der Waals surface area (Å²) in [5.74, 6) is 0.322. The third-order valence-electron chi connectivity index (χ3n) is 4.37. The zero-order chi connectivity index (χ0) is 13.3. The number of aromatic nitrogens is 1. The van der Waals surface area contributed by atoms with Crippen molar-refractivity contribution in [1.82, 2.24) is 15.2 Å². The Morgan fingerprint density at radius 1 is 1.42 bits per heavy atom. The minimum absolute atomic E-state index is 0.123. The quantitative estimate of drug-likeness (QED) is 0.875. The first kappa shape index (κ1) is 12.6. The van der Waals surface area contributed by atoms with Gasteiger partial charge in [0, 0.05) is 18.8 Å². The van der Waals surface area contributed by atoms with Crippen LogP contribution in [0.15, 0.2) is 18.2 Å². The Labute approximate surface area is 114 Å². The molecule has 4 heteroatoms. The number of piperidine rings is 1. The van der Waals surface area contributed by atoms with Crippen LogP contribution in [0.1, 0.15) is 30.7 Å². The molecule has 2 saturated heterocycles. The molecule has 4 nitrogen and oxygen atoms in total. The van der Waals surface area contributed by atoms with Crippen molar-refractivity contribution >= 4 is 5.91 Å². The molecule has 0 radical (unpaired) electrons. The van der Waals surface area contributed by atoms with E-state index in [4.69, 9.17) is 0 Å². The van der Waals surface area contributed by atoms with Crippen molar-refractivity contribution in [3.05, 3.63) is 29.6 Å². The fraction of sp³-hybridized carbons (Fsp3) is 0.600. The van der Waals surface area contributed by atoms with Crippen molar-refractivity contribution in [3.63, 3.8) is 0 Å². The molecular formula is C15H21N3O. The van der Waals surface area contributed by atoms with Crippen LogP contribution < -0.4 is 5.32 Å². The van der Waals surface area contributed by atoms with Crippen molar-refractivity contribution in [1.29, 1.82) is 0 Å². The Balaban J connectivity index is 1.72. The maximum absolute atomic E-state index is 12.6. The summed E-state index contributed by atoms with van der Waals surface area (Å²) in [5.41, 5.74) is 1.88. The minimum atomic E-state index is -0.123. The maximum atomic E-state index is 12.6. The molecule has 1 unspecified atom stereocenters. The summed E-state index contributed by atoms with van der Waals surface area (Å²) in [6, 6.07) is 6.00. The summed E-state index contributed by atoms with van der Waals surface area (Å²) in [4.78, 5) is 19.1. The predicted molar refractivity (Wildman–Crippen MR) is 73.5 cm³/mol. The summed E-state index contributed by atoms with van der Waals surface area (Å²) in [5, 5.41) is 3.38. The minimum Gasteiger partial charge on any atom is -0.336 e. The van der Waals surface area contributed by atoms with E-state index in [-0.39, 0.29) is 5.41 Å². The van der Waals surface area contributed by atoms with Crippen LogP contribution in [0, 0.1) is 12.3 Å². The number of nitrogens with one attached hydrogen (secondary N) is 1. The lowest BCUT2D eigenvalue weighted by Crippen LogP contribution is -2.45. The maximum Gasteiger partial charge on any atom is 0.230 e. The van der Waals surface area contributed by atoms with Gasteiger partial charge in [-0.15, -0.1) is 0 Å². The van der Waals surface area contributed by atoms with Crippen LogP contribution >= 0.6 is 0 Å². The Kier molecular flexibility index (Phi) is 3.27. The predicted octanol–water partition coefficient (Wildman–Crippen LogP) is 1.49. The van der Waals surface area contributed by atoms with Gasteiger partial charge in [-0.25, -0.2) is 0 Å². The van der Waals surface area contributed by atoms with E-state index >= 15 is 0 Å². The molecule has 3 heterocycles. The number of amides is 1. The average Bonchev–Trinajstić information content (AvgIpc) is 2.70. The van der Waals surface area contributed by atoms with Gasteiger partial charge in [0.05, 0.1) is 17.7 Å². The van der Waals surface area contributed by atoms with Gasteiger partial charge in [-0.2, -0.15) is 0 Å². The molecule has 2 aliphatic rings. The summed E-state index contributed by atoms with van der Waals surface area (Å²) < 4.78 is 0. The first-order valence-corrected chi connectivity index (χ1v) is 7.12. The van der Waals surface area contributed by atoms with Gasteiger partial charge >= 0.3 is 0 Å². The van der Waals surface area contributed by atoms with Crippen LogP contribution in [0.2, 0.25) is 0 Å². The largest absolute Gasteiger partial charge is 0.336 e. The zero-order valence-electron chi connectivity index (χ0n) is 11.5. The summed E-state index contributed by atoms with van der Waals surface area (Å²) in [7, 11) is 0. The molecule has 1 aromatic rings. The summed E-state index contributed by atoms with van der Waals surface area (Å²) in [6.07, 6.45) is 3.14. The second kappa shape index (κ2) is 4.93. The molecular weight excluding hydrogens is 238 g/mol. The van der Waals surface area contributed by atoms with E-state index in [1.165, 1.54) is 0 Å². The molecule has 0 aliphatic carbocycles. The smallest absolute Gasteiger partial charge is 0.230 e. The molecule has 1 aromatic heterocycles. The molecule has 0 saturated carbocycles. The van der Waals surface area contributed by atoms with E-state index in [1.54, 1.807) is 0 Å². The van der Waals surface area contributed by atoms with Crippen LogP contribution in [0.5, 0.6) is 0 Å². The Hall–Kier alpha value is -1.42. The van der Waals surface area contributed by atoms with Crippen LogP contribution in [0.25, 0.3) is 0 Å². The monoisotopic (exact) mass is 259 g/mol. The van der Waals surface area contributed by atoms with Gasteiger partial charge in [0.1, 0.15) is 0 Å². The normalized spacial score (nSPS) is 27.2. The second-order valence-electron chi connectivity index (χ2n) is 5.81. The number of aryl methyl sites for hydroxylation is 1. The number of carbonyl (C=O) groups excluding carboxylic acids is 1. The van der Waals surface area contributed by atoms with Crippen LogP contribution in [-0.4, -0.2) is 35.4 Å². The average molecular weight is 259 g/mol. The van der Waals surface area contributed by atoms with Gasteiger partial charge in [0.15, 0.2) is 0 Å². The number of hydrogen-bond donors (Lipinski definition) is 1. The first-order valence-electron chi connectivity index (χ1n) is 7.12. The number of nitrogens with zero attached hydrogens (tertiary/aromatic N) is 2. The standard InChI is InChI=1S/C15H21N3O/c1-12-4-2-5-13(17-12)10-18-9-7-15(14(18)19)6-3-8-16-11-15/h2,4-5,16H,3,6-11H2,1H3. The molecule has 2 fully saturated rings. The topological polar surface area (TPSA) is 45.2 Å². The van der Waals surface area contributed by atoms with Crippen LogP contribution in [0.4, 0.5) is 0 Å². The Morgan fingerprint density at radius 2 is 2.32 bits per heavy atom. The molecule has 19 heavy (non-hydrogen) atoms. The lowest BCUT2D eigenvalue weighted by molar-refractivity contribution is -0.137. The molecule has 3 rings (SSSR count). The van der Waals surface area contributed by atoms with Crippen molar-refractivity contribution in [2.24, 2.45) is 5.41 Å². The van der Waals surface area contributed by atoms with Crippen LogP contribution in [-0.2, 0) is 11.3 Å². The molecule has 1 spiro atoms. The molecule has 1 atom stereocenters. The van der Waals surface area contributed by atoms with E-state index < -0.39 is 0 Å². The highest BCUT2D eigenvalue weighted by Gasteiger charge is 2.46. The third-order valence-corrected chi connectivity index (χ3v) is 4.37. The van der Waals surface area contributed by atoms with Gasteiger partial charge < -0.3 is 10.2 Å². The number of likely N-dealkylation sites (tertiary alicyclic amines) is 1. The van der Waals surface area contributed by atoms with Crippen molar-refractivity contribution in [2.45, 2.75) is 32.7 Å². The highest BCUT2D eigenvalue weighted by atomic mass is 16.2. The number of pyridine rings is 1.